The lowest BCUT2D eigenvalue weighted by Crippen LogP contribution is -2.45. The van der Waals surface area contributed by atoms with Crippen molar-refractivity contribution in [2.24, 2.45) is 0 Å². The van der Waals surface area contributed by atoms with Crippen LogP contribution >= 0.6 is 15.9 Å². The Hall–Kier alpha value is -5.61. The lowest BCUT2D eigenvalue weighted by atomic mass is 9.97. The average molecular weight is 956 g/mol. The molecule has 3 aliphatic heterocycles. The molecular formula is C37H40BrFN6O18. The summed E-state index contributed by atoms with van der Waals surface area (Å²) in [7, 11) is 0. The minimum atomic E-state index is -1.92. The number of hydrogen-bond acceptors (Lipinski definition) is 18. The molecule has 0 bridgehead atoms. The van der Waals surface area contributed by atoms with Crippen LogP contribution in [0.5, 0.6) is 0 Å². The van der Waals surface area contributed by atoms with E-state index >= 15 is 0 Å². The van der Waals surface area contributed by atoms with Crippen molar-refractivity contribution >= 4 is 22.0 Å². The maximum Gasteiger partial charge on any atom is 0.330 e. The highest BCUT2D eigenvalue weighted by molar-refractivity contribution is 9.11. The zero-order valence-electron chi connectivity index (χ0n) is 32.4. The van der Waals surface area contributed by atoms with Crippen molar-refractivity contribution in [2.75, 3.05) is 19.8 Å². The predicted molar refractivity (Wildman–Crippen MR) is 214 cm³/mol. The lowest BCUT2D eigenvalue weighted by molar-refractivity contribution is -0.0939. The van der Waals surface area contributed by atoms with E-state index in [2.05, 4.69) is 37.7 Å². The SMILES string of the molecule is C#C[C@]1(CO)O[C@@H](n2cc(C=CBr)c(=O)[nH]c2=O)[C@@H](O)[C@@H]1O.C#C[C@]1(CO)O[C@@H](n2cc(CC)c(=O)[nH]c2=O)[C@@H](O)[C@@H]1O.C#C[C@]1(CO)O[C@@H](n2cc(F)c(=O)[nH]c2=O)[C@@H](O)[C@@H]1O. The fourth-order valence-electron chi connectivity index (χ4n) is 6.41. The van der Waals surface area contributed by atoms with Gasteiger partial charge in [0, 0.05) is 18.0 Å². The molecule has 3 aromatic heterocycles. The summed E-state index contributed by atoms with van der Waals surface area (Å²) in [6.07, 6.45) is 6.43. The molecule has 3 saturated heterocycles. The highest BCUT2D eigenvalue weighted by atomic mass is 79.9. The fourth-order valence-corrected chi connectivity index (χ4v) is 6.69. The summed E-state index contributed by atoms with van der Waals surface area (Å²) < 4.78 is 31.4. The third-order valence-electron chi connectivity index (χ3n) is 10.1. The Morgan fingerprint density at radius 2 is 1.00 bits per heavy atom. The number of halogens is 2. The molecule has 6 heterocycles. The van der Waals surface area contributed by atoms with Crippen molar-refractivity contribution in [1.82, 2.24) is 28.7 Å². The second-order valence-corrected chi connectivity index (χ2v) is 14.3. The number of hydrogen-bond donors (Lipinski definition) is 12. The van der Waals surface area contributed by atoms with Gasteiger partial charge in [-0.3, -0.25) is 43.0 Å². The Balaban J connectivity index is 0.000000208. The van der Waals surface area contributed by atoms with E-state index in [1.807, 2.05) is 5.92 Å². The highest BCUT2D eigenvalue weighted by Gasteiger charge is 2.56. The molecule has 3 fully saturated rings. The summed E-state index contributed by atoms with van der Waals surface area (Å²) in [4.78, 5) is 76.6. The fraction of sp³-hybridized carbons (Fsp3) is 0.459. The summed E-state index contributed by atoms with van der Waals surface area (Å²) in [5.74, 6) is 4.89. The Morgan fingerprint density at radius 1 is 0.651 bits per heavy atom. The molecule has 3 aromatic rings. The first kappa shape index (κ1) is 50.0. The molecule has 63 heavy (non-hydrogen) atoms. The van der Waals surface area contributed by atoms with E-state index in [4.69, 9.17) is 33.5 Å². The first-order chi connectivity index (χ1) is 29.7. The number of nitrogens with zero attached hydrogens (tertiary/aromatic N) is 3. The van der Waals surface area contributed by atoms with Gasteiger partial charge in [-0.1, -0.05) is 40.6 Å². The van der Waals surface area contributed by atoms with Gasteiger partial charge < -0.3 is 60.2 Å². The number of aryl methyl sites for hydroxylation is 1. The van der Waals surface area contributed by atoms with Crippen LogP contribution in [0.15, 0.2) is 52.3 Å². The van der Waals surface area contributed by atoms with E-state index in [1.165, 1.54) is 17.3 Å². The van der Waals surface area contributed by atoms with Gasteiger partial charge in [-0.25, -0.2) is 14.4 Å². The number of H-pyrrole nitrogens is 3. The van der Waals surface area contributed by atoms with Crippen molar-refractivity contribution in [2.45, 2.75) is 85.5 Å². The number of terminal acetylenes is 3. The quantitative estimate of drug-likeness (QED) is 0.0934. The zero-order chi connectivity index (χ0) is 47.4. The third-order valence-corrected chi connectivity index (χ3v) is 10.4. The van der Waals surface area contributed by atoms with Crippen molar-refractivity contribution in [3.63, 3.8) is 0 Å². The largest absolute Gasteiger partial charge is 0.392 e. The topological polar surface area (TPSA) is 374 Å². The lowest BCUT2D eigenvalue weighted by Gasteiger charge is -2.23. The zero-order valence-corrected chi connectivity index (χ0v) is 34.0. The summed E-state index contributed by atoms with van der Waals surface area (Å²) in [6.45, 7) is -0.570. The van der Waals surface area contributed by atoms with Gasteiger partial charge in [-0.2, -0.15) is 4.39 Å². The highest BCUT2D eigenvalue weighted by Crippen LogP contribution is 2.38. The Kier molecular flexibility index (Phi) is 15.8. The van der Waals surface area contributed by atoms with Gasteiger partial charge in [0.2, 0.25) is 5.82 Å². The van der Waals surface area contributed by atoms with Crippen LogP contribution in [0.25, 0.3) is 6.08 Å². The van der Waals surface area contributed by atoms with Crippen molar-refractivity contribution in [3.05, 3.63) is 103 Å². The van der Waals surface area contributed by atoms with E-state index in [0.29, 0.717) is 22.7 Å². The second-order valence-electron chi connectivity index (χ2n) is 13.8. The predicted octanol–water partition coefficient (Wildman–Crippen LogP) is -6.48. The van der Waals surface area contributed by atoms with Crippen LogP contribution in [0.1, 0.15) is 36.7 Å². The van der Waals surface area contributed by atoms with Crippen LogP contribution in [0, 0.1) is 42.8 Å². The second kappa shape index (κ2) is 19.8. The number of aromatic nitrogens is 6. The van der Waals surface area contributed by atoms with Crippen LogP contribution in [-0.2, 0) is 20.6 Å². The monoisotopic (exact) mass is 954 g/mol. The van der Waals surface area contributed by atoms with Gasteiger partial charge in [0.1, 0.15) is 36.6 Å². The van der Waals surface area contributed by atoms with E-state index in [1.54, 1.807) is 11.9 Å². The number of aliphatic hydroxyl groups is 9. The minimum absolute atomic E-state index is 0.115. The number of rotatable bonds is 8. The molecule has 0 spiro atoms. The van der Waals surface area contributed by atoms with Crippen molar-refractivity contribution < 1.29 is 64.6 Å². The van der Waals surface area contributed by atoms with Gasteiger partial charge in [-0.05, 0) is 17.5 Å². The van der Waals surface area contributed by atoms with E-state index in [-0.39, 0.29) is 5.56 Å². The molecule has 0 radical (unpaired) electrons. The Labute approximate surface area is 359 Å². The van der Waals surface area contributed by atoms with Gasteiger partial charge in [0.05, 0.1) is 31.6 Å². The van der Waals surface area contributed by atoms with Gasteiger partial charge in [0.25, 0.3) is 16.7 Å². The van der Waals surface area contributed by atoms with Gasteiger partial charge in [-0.15, -0.1) is 19.3 Å². The molecule has 12 atom stereocenters. The maximum atomic E-state index is 13.2. The average Bonchev–Trinajstić information content (AvgIpc) is 3.79. The van der Waals surface area contributed by atoms with E-state index < -0.39 is 131 Å². The van der Waals surface area contributed by atoms with Crippen LogP contribution < -0.4 is 33.7 Å². The van der Waals surface area contributed by atoms with Gasteiger partial charge >= 0.3 is 17.1 Å². The molecule has 6 rings (SSSR count). The minimum Gasteiger partial charge on any atom is -0.392 e. The molecule has 0 saturated carbocycles. The van der Waals surface area contributed by atoms with Crippen molar-refractivity contribution in [3.8, 4) is 37.0 Å². The maximum absolute atomic E-state index is 13.2. The molecule has 26 heteroatoms. The number of aliphatic hydroxyl groups excluding tert-OH is 9. The van der Waals surface area contributed by atoms with Crippen LogP contribution in [0.4, 0.5) is 4.39 Å². The third kappa shape index (κ3) is 9.24. The van der Waals surface area contributed by atoms with Gasteiger partial charge in [0.15, 0.2) is 35.5 Å². The molecule has 3 aliphatic rings. The molecule has 12 N–H and O–H groups in total. The summed E-state index contributed by atoms with van der Waals surface area (Å²) >= 11 is 3.01. The Bertz CT molecular complexity index is 2690. The molecule has 340 valence electrons. The first-order valence-corrected chi connectivity index (χ1v) is 18.9. The van der Waals surface area contributed by atoms with E-state index in [9.17, 15) is 79.1 Å². The molecule has 0 unspecified atom stereocenters. The molecule has 24 nitrogen and oxygen atoms in total. The number of ether oxygens (including phenoxy) is 3. The van der Waals surface area contributed by atoms with E-state index in [0.717, 1.165) is 15.3 Å². The Morgan fingerprint density at radius 3 is 1.33 bits per heavy atom. The standard InChI is InChI=1S/C13H13BrN2O6.C13H16N2O6.C11H11FN2O6/c1-2-13(6-17)9(19)8(18)11(22-13)16-5-7(3-4-14)10(20)15-12(16)21;1-3-7-5-15(12(20)14-10(7)19)11-8(17)9(18)13(4-2,6-16)21-11;1-2-11(4-15)7(17)6(16)9(20-11)14-3-5(12)8(18)13-10(14)19/h1,3-5,8-9,11,17-19H,6H2,(H,15,20,21);2,5,8-9,11,16-18H,3,6H2,1H3,(H,14,19,20);1,3,6-7,9,15-17H,4H2,(H,13,18,19)/t2*8-,9-,11+,13+;6-,7-,9+,11+/m000/s1. The number of nitrogens with one attached hydrogen (secondary N) is 3. The summed E-state index contributed by atoms with van der Waals surface area (Å²) in [5.41, 5.74) is -10.2. The van der Waals surface area contributed by atoms with Crippen LogP contribution in [-0.4, -0.2) is 148 Å². The van der Waals surface area contributed by atoms with Crippen molar-refractivity contribution in [1.29, 1.82) is 0 Å². The molecule has 0 aromatic carbocycles. The van der Waals surface area contributed by atoms with Crippen LogP contribution in [0.3, 0.4) is 0 Å². The molecular weight excluding hydrogens is 915 g/mol. The smallest absolute Gasteiger partial charge is 0.330 e. The summed E-state index contributed by atoms with van der Waals surface area (Å²) in [6, 6.07) is 0. The molecule has 0 amide bonds. The van der Waals surface area contributed by atoms with Crippen LogP contribution in [0.2, 0.25) is 0 Å². The molecule has 0 aliphatic carbocycles. The number of aromatic amines is 3. The first-order valence-electron chi connectivity index (χ1n) is 18.0. The normalized spacial score (nSPS) is 32.2. The summed E-state index contributed by atoms with van der Waals surface area (Å²) in [5, 5.41) is 87.4.